The van der Waals surface area contributed by atoms with Crippen molar-refractivity contribution in [3.63, 3.8) is 0 Å². The number of anilines is 3. The molecule has 2 saturated heterocycles. The molecule has 0 aliphatic carbocycles. The molecule has 8 heteroatoms. The Morgan fingerprint density at radius 1 is 1.03 bits per heavy atom. The third-order valence-corrected chi connectivity index (χ3v) is 6.22. The molecule has 0 amide bonds. The van der Waals surface area contributed by atoms with E-state index in [-0.39, 0.29) is 17.6 Å². The Morgan fingerprint density at radius 2 is 1.83 bits per heavy atom. The lowest BCUT2D eigenvalue weighted by molar-refractivity contribution is 0.361. The molecule has 2 fully saturated rings. The lowest BCUT2D eigenvalue weighted by Gasteiger charge is -2.36. The number of hydrogen-bond acceptors (Lipinski definition) is 7. The summed E-state index contributed by atoms with van der Waals surface area (Å²) in [5.74, 6) is 2.56. The van der Waals surface area contributed by atoms with Gasteiger partial charge >= 0.3 is 0 Å². The quantitative estimate of drug-likeness (QED) is 0.852. The number of rotatable bonds is 4. The van der Waals surface area contributed by atoms with Crippen LogP contribution in [0.2, 0.25) is 0 Å². The summed E-state index contributed by atoms with van der Waals surface area (Å²) in [5.41, 5.74) is 1.18. The van der Waals surface area contributed by atoms with Gasteiger partial charge in [0, 0.05) is 44.0 Å². The molecule has 2 atom stereocenters. The van der Waals surface area contributed by atoms with Crippen molar-refractivity contribution < 1.29 is 0 Å². The molecule has 0 spiro atoms. The third-order valence-electron chi connectivity index (χ3n) is 6.22. The first-order valence-corrected chi connectivity index (χ1v) is 10.8. The van der Waals surface area contributed by atoms with E-state index in [1.807, 2.05) is 10.6 Å². The molecule has 0 saturated carbocycles. The first-order chi connectivity index (χ1) is 14.1. The Bertz CT molecular complexity index is 950. The minimum absolute atomic E-state index is 0.0943. The zero-order valence-electron chi connectivity index (χ0n) is 17.2. The van der Waals surface area contributed by atoms with Crippen molar-refractivity contribution in [3.05, 3.63) is 34.2 Å². The van der Waals surface area contributed by atoms with Crippen LogP contribution in [0.1, 0.15) is 51.3 Å². The SMILES string of the molecule is CC(C)Nc1nc(N2CCCC2)nc(N2CC3CCC2c2cccc(=O)n2C3)n1. The van der Waals surface area contributed by atoms with E-state index < -0.39 is 0 Å². The van der Waals surface area contributed by atoms with E-state index in [1.54, 1.807) is 6.07 Å². The van der Waals surface area contributed by atoms with Crippen LogP contribution in [0.25, 0.3) is 0 Å². The highest BCUT2D eigenvalue weighted by molar-refractivity contribution is 5.48. The van der Waals surface area contributed by atoms with Crippen LogP contribution >= 0.6 is 0 Å². The molecule has 4 aliphatic rings. The molecule has 1 N–H and O–H groups in total. The molecular weight excluding hydrogens is 366 g/mol. The minimum atomic E-state index is 0.0943. The third kappa shape index (κ3) is 3.45. The number of pyridine rings is 1. The van der Waals surface area contributed by atoms with E-state index in [0.717, 1.165) is 56.6 Å². The maximum atomic E-state index is 12.5. The smallest absolute Gasteiger partial charge is 0.250 e. The number of aromatic nitrogens is 4. The normalized spacial score (nSPS) is 23.4. The molecule has 6 heterocycles. The summed E-state index contributed by atoms with van der Waals surface area (Å²) in [7, 11) is 0. The second-order valence-electron chi connectivity index (χ2n) is 8.76. The summed E-state index contributed by atoms with van der Waals surface area (Å²) in [6, 6.07) is 6.00. The highest BCUT2D eigenvalue weighted by Gasteiger charge is 2.37. The first kappa shape index (κ1) is 18.4. The van der Waals surface area contributed by atoms with Crippen molar-refractivity contribution in [2.24, 2.45) is 5.92 Å². The fraction of sp³-hybridized carbons (Fsp3) is 0.619. The number of fused-ring (bicyclic) bond motifs is 2. The van der Waals surface area contributed by atoms with Crippen molar-refractivity contribution in [3.8, 4) is 0 Å². The standard InChI is InChI=1S/C21H29N7O/c1-14(2)22-19-23-20(26-10-3-4-11-26)25-21(24-19)28-13-15-8-9-17(28)16-6-5-7-18(29)27(16)12-15/h5-7,14-15,17H,3-4,8-13H2,1-2H3,(H,22,23,24,25). The molecule has 4 aliphatic heterocycles. The summed E-state index contributed by atoms with van der Waals surface area (Å²) in [6.45, 7) is 7.83. The number of hydrogen-bond donors (Lipinski definition) is 1. The number of piperidine rings is 1. The molecule has 0 radical (unpaired) electrons. The van der Waals surface area contributed by atoms with E-state index >= 15 is 0 Å². The average molecular weight is 396 g/mol. The molecule has 0 aromatic carbocycles. The zero-order valence-corrected chi connectivity index (χ0v) is 17.2. The van der Waals surface area contributed by atoms with E-state index in [0.29, 0.717) is 11.9 Å². The van der Waals surface area contributed by atoms with Crippen molar-refractivity contribution in [1.82, 2.24) is 19.5 Å². The summed E-state index contributed by atoms with van der Waals surface area (Å²) < 4.78 is 1.96. The van der Waals surface area contributed by atoms with Gasteiger partial charge in [0.05, 0.1) is 6.04 Å². The summed E-state index contributed by atoms with van der Waals surface area (Å²) >= 11 is 0. The average Bonchev–Trinajstić information content (AvgIpc) is 3.12. The summed E-state index contributed by atoms with van der Waals surface area (Å²) in [5, 5.41) is 3.37. The van der Waals surface area contributed by atoms with Crippen LogP contribution < -0.4 is 20.7 Å². The Labute approximate surface area is 171 Å². The van der Waals surface area contributed by atoms with Crippen LogP contribution in [0, 0.1) is 5.92 Å². The van der Waals surface area contributed by atoms with Gasteiger partial charge in [-0.25, -0.2) is 0 Å². The summed E-state index contributed by atoms with van der Waals surface area (Å²) in [4.78, 5) is 31.4. The van der Waals surface area contributed by atoms with Crippen LogP contribution in [-0.2, 0) is 6.54 Å². The van der Waals surface area contributed by atoms with Gasteiger partial charge in [-0.1, -0.05) is 6.07 Å². The highest BCUT2D eigenvalue weighted by Crippen LogP contribution is 2.39. The van der Waals surface area contributed by atoms with E-state index in [1.165, 1.54) is 12.8 Å². The largest absolute Gasteiger partial charge is 0.352 e. The van der Waals surface area contributed by atoms with Gasteiger partial charge in [-0.2, -0.15) is 15.0 Å². The summed E-state index contributed by atoms with van der Waals surface area (Å²) in [6.07, 6.45) is 4.51. The van der Waals surface area contributed by atoms with Gasteiger partial charge in [-0.15, -0.1) is 0 Å². The van der Waals surface area contributed by atoms with Gasteiger partial charge in [0.2, 0.25) is 17.8 Å². The van der Waals surface area contributed by atoms with Crippen LogP contribution in [-0.4, -0.2) is 45.2 Å². The Hall–Kier alpha value is -2.64. The van der Waals surface area contributed by atoms with Gasteiger partial charge in [0.25, 0.3) is 5.56 Å². The molecule has 8 nitrogen and oxygen atoms in total. The first-order valence-electron chi connectivity index (χ1n) is 10.8. The van der Waals surface area contributed by atoms with Gasteiger partial charge in [0.15, 0.2) is 0 Å². The monoisotopic (exact) mass is 395 g/mol. The van der Waals surface area contributed by atoms with Crippen LogP contribution in [0.5, 0.6) is 0 Å². The lowest BCUT2D eigenvalue weighted by atomic mass is 9.94. The minimum Gasteiger partial charge on any atom is -0.352 e. The predicted molar refractivity (Wildman–Crippen MR) is 114 cm³/mol. The molecule has 2 aromatic heterocycles. The van der Waals surface area contributed by atoms with E-state index in [9.17, 15) is 4.79 Å². The fourth-order valence-corrected chi connectivity index (χ4v) is 4.87. The molecule has 6 rings (SSSR count). The lowest BCUT2D eigenvalue weighted by Crippen LogP contribution is -2.38. The second kappa shape index (κ2) is 7.31. The fourth-order valence-electron chi connectivity index (χ4n) is 4.87. The van der Waals surface area contributed by atoms with E-state index in [2.05, 4.69) is 35.0 Å². The van der Waals surface area contributed by atoms with Crippen molar-refractivity contribution in [1.29, 1.82) is 0 Å². The Balaban J connectivity index is 1.57. The Morgan fingerprint density at radius 3 is 2.62 bits per heavy atom. The topological polar surface area (TPSA) is 79.2 Å². The highest BCUT2D eigenvalue weighted by atomic mass is 16.1. The molecule has 2 bridgehead atoms. The van der Waals surface area contributed by atoms with Crippen molar-refractivity contribution >= 4 is 17.8 Å². The molecule has 29 heavy (non-hydrogen) atoms. The van der Waals surface area contributed by atoms with E-state index in [4.69, 9.17) is 15.0 Å². The maximum absolute atomic E-state index is 12.5. The van der Waals surface area contributed by atoms with Gasteiger partial charge in [-0.3, -0.25) is 4.79 Å². The number of nitrogens with one attached hydrogen (secondary N) is 1. The van der Waals surface area contributed by atoms with Crippen LogP contribution in [0.15, 0.2) is 23.0 Å². The molecule has 2 aromatic rings. The van der Waals surface area contributed by atoms with Crippen molar-refractivity contribution in [2.75, 3.05) is 34.8 Å². The molecule has 154 valence electrons. The van der Waals surface area contributed by atoms with Gasteiger partial charge in [-0.05, 0) is 51.5 Å². The molecular formula is C21H29N7O. The maximum Gasteiger partial charge on any atom is 0.250 e. The number of nitrogens with zero attached hydrogens (tertiary/aromatic N) is 6. The predicted octanol–water partition coefficient (Wildman–Crippen LogP) is 2.43. The molecule has 2 unspecified atom stereocenters. The van der Waals surface area contributed by atoms with Gasteiger partial charge < -0.3 is 19.7 Å². The van der Waals surface area contributed by atoms with Crippen LogP contribution in [0.3, 0.4) is 0 Å². The Kier molecular flexibility index (Phi) is 4.64. The second-order valence-corrected chi connectivity index (χ2v) is 8.76. The van der Waals surface area contributed by atoms with Gasteiger partial charge in [0.1, 0.15) is 0 Å². The van der Waals surface area contributed by atoms with Crippen LogP contribution in [0.4, 0.5) is 17.8 Å². The zero-order chi connectivity index (χ0) is 20.0. The van der Waals surface area contributed by atoms with Crippen molar-refractivity contribution in [2.45, 2.75) is 58.2 Å².